The number of nitrogens with zero attached hydrogens (tertiary/aromatic N) is 1. The zero-order valence-corrected chi connectivity index (χ0v) is 15.4. The second-order valence-electron chi connectivity index (χ2n) is 7.40. The third-order valence-electron chi connectivity index (χ3n) is 5.21. The average molecular weight is 356 g/mol. The Labute approximate surface area is 155 Å². The Kier molecular flexibility index (Phi) is 6.31. The molecular weight excluding hydrogens is 328 g/mol. The fourth-order valence-electron chi connectivity index (χ4n) is 3.50. The summed E-state index contributed by atoms with van der Waals surface area (Å²) in [5.41, 5.74) is 1.91. The Morgan fingerprint density at radius 1 is 1.15 bits per heavy atom. The van der Waals surface area contributed by atoms with Gasteiger partial charge in [-0.05, 0) is 61.8 Å². The number of hydrogen-bond donors (Lipinski definition) is 1. The molecule has 5 heteroatoms. The number of allylic oxidation sites excluding steroid dienone is 2. The minimum absolute atomic E-state index is 0.235. The first-order chi connectivity index (χ1) is 12.6. The van der Waals surface area contributed by atoms with Crippen LogP contribution in [0, 0.1) is 11.8 Å². The van der Waals surface area contributed by atoms with Crippen molar-refractivity contribution in [2.75, 3.05) is 29.9 Å². The first-order valence-electron chi connectivity index (χ1n) is 9.57. The first-order valence-corrected chi connectivity index (χ1v) is 9.57. The molecule has 2 aliphatic rings. The molecule has 1 saturated heterocycles. The molecule has 1 amide bonds. The van der Waals surface area contributed by atoms with E-state index in [1.807, 2.05) is 30.3 Å². The number of rotatable bonds is 6. The molecule has 5 nitrogen and oxygen atoms in total. The topological polar surface area (TPSA) is 58.6 Å². The highest BCUT2D eigenvalue weighted by atomic mass is 16.5. The smallest absolute Gasteiger partial charge is 0.306 e. The summed E-state index contributed by atoms with van der Waals surface area (Å²) in [5, 5.41) is 2.78. The van der Waals surface area contributed by atoms with Crippen LogP contribution in [0.5, 0.6) is 0 Å². The maximum absolute atomic E-state index is 12.0. The van der Waals surface area contributed by atoms with Crippen molar-refractivity contribution in [3.8, 4) is 0 Å². The summed E-state index contributed by atoms with van der Waals surface area (Å²) in [6, 6.07) is 7.86. The molecule has 3 rings (SSSR count). The summed E-state index contributed by atoms with van der Waals surface area (Å²) in [6.07, 6.45) is 8.94. The van der Waals surface area contributed by atoms with Crippen molar-refractivity contribution in [3.05, 3.63) is 36.4 Å². The average Bonchev–Trinajstić information content (AvgIpc) is 3.14. The van der Waals surface area contributed by atoms with Gasteiger partial charge in [0.05, 0.1) is 6.42 Å². The predicted octanol–water partition coefficient (Wildman–Crippen LogP) is 3.76. The molecule has 0 radical (unpaired) electrons. The molecule has 140 valence electrons. The lowest BCUT2D eigenvalue weighted by atomic mass is 9.99. The van der Waals surface area contributed by atoms with Crippen LogP contribution < -0.4 is 10.2 Å². The van der Waals surface area contributed by atoms with Gasteiger partial charge in [0.25, 0.3) is 5.91 Å². The van der Waals surface area contributed by atoms with Crippen molar-refractivity contribution in [1.29, 1.82) is 0 Å². The van der Waals surface area contributed by atoms with Crippen molar-refractivity contribution in [3.63, 3.8) is 0 Å². The number of benzene rings is 1. The molecule has 1 heterocycles. The third kappa shape index (κ3) is 5.35. The van der Waals surface area contributed by atoms with Gasteiger partial charge >= 0.3 is 5.97 Å². The standard InChI is InChI=1S/C21H28N2O3/c1-16-10-12-23(13-11-16)19-8-6-18(7-9-19)22-20(24)15-26-21(25)14-17-4-2-3-5-17/h2,4,6-9,16-17H,3,5,10-15H2,1H3,(H,22,24)/t17-/m0/s1. The summed E-state index contributed by atoms with van der Waals surface area (Å²) >= 11 is 0. The number of carbonyl (C=O) groups is 2. The van der Waals surface area contributed by atoms with Gasteiger partial charge in [-0.15, -0.1) is 0 Å². The van der Waals surface area contributed by atoms with E-state index in [4.69, 9.17) is 4.74 Å². The molecule has 0 bridgehead atoms. The van der Waals surface area contributed by atoms with Crippen molar-refractivity contribution in [2.24, 2.45) is 11.8 Å². The van der Waals surface area contributed by atoms with Crippen LogP contribution in [0.25, 0.3) is 0 Å². The Balaban J connectivity index is 1.41. The highest BCUT2D eigenvalue weighted by Gasteiger charge is 2.17. The number of anilines is 2. The van der Waals surface area contributed by atoms with E-state index < -0.39 is 0 Å². The van der Waals surface area contributed by atoms with E-state index in [1.54, 1.807) is 0 Å². The van der Waals surface area contributed by atoms with Crippen LogP contribution in [0.1, 0.15) is 39.0 Å². The molecule has 0 saturated carbocycles. The normalized spacial score (nSPS) is 20.2. The number of nitrogens with one attached hydrogen (secondary N) is 1. The molecule has 1 aliphatic carbocycles. The van der Waals surface area contributed by atoms with Crippen LogP contribution in [-0.2, 0) is 14.3 Å². The molecular formula is C21H28N2O3. The molecule has 1 N–H and O–H groups in total. The minimum atomic E-state index is -0.314. The van der Waals surface area contributed by atoms with Crippen LogP contribution in [0.4, 0.5) is 11.4 Å². The van der Waals surface area contributed by atoms with Gasteiger partial charge in [-0.1, -0.05) is 19.1 Å². The van der Waals surface area contributed by atoms with Gasteiger partial charge in [-0.3, -0.25) is 9.59 Å². The SMILES string of the molecule is CC1CCN(c2ccc(NC(=O)COC(=O)C[C@H]3C=CCC3)cc2)CC1. The summed E-state index contributed by atoms with van der Waals surface area (Å²) in [6.45, 7) is 4.23. The quantitative estimate of drug-likeness (QED) is 0.623. The van der Waals surface area contributed by atoms with Crippen LogP contribution in [0.3, 0.4) is 0 Å². The Morgan fingerprint density at radius 2 is 1.88 bits per heavy atom. The molecule has 26 heavy (non-hydrogen) atoms. The Morgan fingerprint density at radius 3 is 2.54 bits per heavy atom. The molecule has 0 unspecified atom stereocenters. The second-order valence-corrected chi connectivity index (χ2v) is 7.40. The Hall–Kier alpha value is -2.30. The van der Waals surface area contributed by atoms with Crippen molar-refractivity contribution < 1.29 is 14.3 Å². The van der Waals surface area contributed by atoms with Crippen LogP contribution in [0.2, 0.25) is 0 Å². The highest BCUT2D eigenvalue weighted by Crippen LogP contribution is 2.24. The van der Waals surface area contributed by atoms with Crippen LogP contribution >= 0.6 is 0 Å². The number of carbonyl (C=O) groups excluding carboxylic acids is 2. The van der Waals surface area contributed by atoms with Gasteiger partial charge in [0, 0.05) is 24.5 Å². The van der Waals surface area contributed by atoms with Gasteiger partial charge in [-0.25, -0.2) is 0 Å². The van der Waals surface area contributed by atoms with Crippen molar-refractivity contribution in [2.45, 2.75) is 39.0 Å². The number of amides is 1. The van der Waals surface area contributed by atoms with E-state index in [9.17, 15) is 9.59 Å². The van der Waals surface area contributed by atoms with Gasteiger partial charge < -0.3 is 15.0 Å². The lowest BCUT2D eigenvalue weighted by Crippen LogP contribution is -2.32. The maximum atomic E-state index is 12.0. The Bertz CT molecular complexity index is 646. The largest absolute Gasteiger partial charge is 0.456 e. The van der Waals surface area contributed by atoms with E-state index in [1.165, 1.54) is 18.5 Å². The number of ether oxygens (including phenoxy) is 1. The number of hydrogen-bond acceptors (Lipinski definition) is 4. The summed E-state index contributed by atoms with van der Waals surface area (Å²) < 4.78 is 5.07. The van der Waals surface area contributed by atoms with Crippen LogP contribution in [0.15, 0.2) is 36.4 Å². The predicted molar refractivity (Wildman–Crippen MR) is 103 cm³/mol. The van der Waals surface area contributed by atoms with E-state index >= 15 is 0 Å². The monoisotopic (exact) mass is 356 g/mol. The van der Waals surface area contributed by atoms with Gasteiger partial charge in [0.1, 0.15) is 0 Å². The van der Waals surface area contributed by atoms with Crippen LogP contribution in [-0.4, -0.2) is 31.6 Å². The highest BCUT2D eigenvalue weighted by molar-refractivity contribution is 5.93. The lowest BCUT2D eigenvalue weighted by molar-refractivity contribution is -0.147. The third-order valence-corrected chi connectivity index (χ3v) is 5.21. The molecule has 1 atom stereocenters. The summed E-state index contributed by atoms with van der Waals surface area (Å²) in [5.74, 6) is 0.444. The summed E-state index contributed by atoms with van der Waals surface area (Å²) in [7, 11) is 0. The number of piperidine rings is 1. The molecule has 1 aromatic rings. The molecule has 1 aliphatic heterocycles. The zero-order valence-electron chi connectivity index (χ0n) is 15.4. The lowest BCUT2D eigenvalue weighted by Gasteiger charge is -2.32. The van der Waals surface area contributed by atoms with E-state index in [2.05, 4.69) is 23.2 Å². The molecule has 0 spiro atoms. The number of esters is 1. The van der Waals surface area contributed by atoms with Gasteiger partial charge in [0.15, 0.2) is 6.61 Å². The van der Waals surface area contributed by atoms with Gasteiger partial charge in [0.2, 0.25) is 0 Å². The minimum Gasteiger partial charge on any atom is -0.456 e. The van der Waals surface area contributed by atoms with E-state index in [0.29, 0.717) is 6.42 Å². The van der Waals surface area contributed by atoms with Crippen molar-refractivity contribution >= 4 is 23.3 Å². The summed E-state index contributed by atoms with van der Waals surface area (Å²) in [4.78, 5) is 26.1. The van der Waals surface area contributed by atoms with E-state index in [0.717, 1.165) is 37.5 Å². The first kappa shape index (κ1) is 18.5. The fourth-order valence-corrected chi connectivity index (χ4v) is 3.50. The zero-order chi connectivity index (χ0) is 18.4. The maximum Gasteiger partial charge on any atom is 0.306 e. The van der Waals surface area contributed by atoms with Gasteiger partial charge in [-0.2, -0.15) is 0 Å². The molecule has 1 aromatic carbocycles. The van der Waals surface area contributed by atoms with E-state index in [-0.39, 0.29) is 24.4 Å². The second kappa shape index (κ2) is 8.88. The molecule has 1 fully saturated rings. The van der Waals surface area contributed by atoms with Crippen molar-refractivity contribution in [1.82, 2.24) is 0 Å². The fraction of sp³-hybridized carbons (Fsp3) is 0.524. The molecule has 0 aromatic heterocycles.